The third-order valence-corrected chi connectivity index (χ3v) is 6.11. The number of nitrogens with one attached hydrogen (secondary N) is 1. The molecular weight excluding hydrogens is 276 g/mol. The first-order chi connectivity index (χ1) is 9.14. The van der Waals surface area contributed by atoms with Gasteiger partial charge in [-0.05, 0) is 39.3 Å². The summed E-state index contributed by atoms with van der Waals surface area (Å²) in [6, 6.07) is 6.54. The van der Waals surface area contributed by atoms with E-state index >= 15 is 0 Å². The third-order valence-electron chi connectivity index (χ3n) is 3.50. The van der Waals surface area contributed by atoms with E-state index in [0.29, 0.717) is 5.69 Å². The molecule has 0 spiro atoms. The van der Waals surface area contributed by atoms with Crippen molar-refractivity contribution in [3.05, 3.63) is 29.8 Å². The quantitative estimate of drug-likeness (QED) is 0.861. The number of nitrogens with zero attached hydrogens (tertiary/aromatic N) is 1. The Hall–Kier alpha value is -1.40. The van der Waals surface area contributed by atoms with Crippen LogP contribution in [0.15, 0.2) is 24.3 Å². The standard InChI is InChI=1S/C14H20N2O3S/c1-10-13(17)15-12-8-6-5-7-11(12)9-16(10)20(18,19)14(2,3)4/h5-8,10H,9H2,1-4H3,(H,15,17). The van der Waals surface area contributed by atoms with Crippen LogP contribution in [0.25, 0.3) is 0 Å². The molecule has 1 atom stereocenters. The van der Waals surface area contributed by atoms with Gasteiger partial charge in [-0.1, -0.05) is 18.2 Å². The molecule has 0 aromatic heterocycles. The van der Waals surface area contributed by atoms with E-state index in [4.69, 9.17) is 0 Å². The third kappa shape index (κ3) is 2.45. The number of rotatable bonds is 1. The van der Waals surface area contributed by atoms with Crippen molar-refractivity contribution in [2.75, 3.05) is 5.32 Å². The maximum Gasteiger partial charge on any atom is 0.242 e. The zero-order chi connectivity index (χ0) is 15.1. The highest BCUT2D eigenvalue weighted by Crippen LogP contribution is 2.29. The van der Waals surface area contributed by atoms with E-state index in [1.165, 1.54) is 4.31 Å². The van der Waals surface area contributed by atoms with Crippen LogP contribution in [0.3, 0.4) is 0 Å². The molecule has 1 aliphatic rings. The van der Waals surface area contributed by atoms with Crippen LogP contribution >= 0.6 is 0 Å². The molecule has 1 aromatic rings. The monoisotopic (exact) mass is 296 g/mol. The Morgan fingerprint density at radius 3 is 2.45 bits per heavy atom. The Morgan fingerprint density at radius 1 is 1.25 bits per heavy atom. The van der Waals surface area contributed by atoms with Gasteiger partial charge in [0, 0.05) is 12.2 Å². The number of benzene rings is 1. The van der Waals surface area contributed by atoms with Crippen LogP contribution in [0, 0.1) is 0 Å². The van der Waals surface area contributed by atoms with Crippen molar-refractivity contribution in [2.45, 2.75) is 45.0 Å². The van der Waals surface area contributed by atoms with Crippen molar-refractivity contribution >= 4 is 21.6 Å². The second-order valence-electron chi connectivity index (χ2n) is 5.99. The van der Waals surface area contributed by atoms with E-state index in [1.807, 2.05) is 18.2 Å². The summed E-state index contributed by atoms with van der Waals surface area (Å²) in [5.41, 5.74) is 1.48. The first kappa shape index (κ1) is 15.0. The fraction of sp³-hybridized carbons (Fsp3) is 0.500. The fourth-order valence-corrected chi connectivity index (χ4v) is 3.62. The maximum atomic E-state index is 12.7. The van der Waals surface area contributed by atoms with E-state index in [1.54, 1.807) is 33.8 Å². The molecule has 110 valence electrons. The molecule has 6 heteroatoms. The van der Waals surface area contributed by atoms with Crippen LogP contribution < -0.4 is 5.32 Å². The Bertz CT molecular complexity index is 632. The van der Waals surface area contributed by atoms with Crippen molar-refractivity contribution in [1.29, 1.82) is 0 Å². The van der Waals surface area contributed by atoms with Crippen molar-refractivity contribution in [3.8, 4) is 0 Å². The molecule has 1 N–H and O–H groups in total. The molecule has 20 heavy (non-hydrogen) atoms. The van der Waals surface area contributed by atoms with Gasteiger partial charge < -0.3 is 5.32 Å². The number of hydrogen-bond acceptors (Lipinski definition) is 3. The van der Waals surface area contributed by atoms with Crippen LogP contribution in [0.4, 0.5) is 5.69 Å². The predicted molar refractivity (Wildman–Crippen MR) is 78.7 cm³/mol. The minimum Gasteiger partial charge on any atom is -0.324 e. The molecule has 1 aromatic carbocycles. The largest absolute Gasteiger partial charge is 0.324 e. The molecule has 1 aliphatic heterocycles. The van der Waals surface area contributed by atoms with Gasteiger partial charge in [-0.2, -0.15) is 4.31 Å². The van der Waals surface area contributed by atoms with E-state index < -0.39 is 20.8 Å². The Labute approximate surface area is 120 Å². The lowest BCUT2D eigenvalue weighted by molar-refractivity contribution is -0.119. The smallest absolute Gasteiger partial charge is 0.242 e. The number of para-hydroxylation sites is 1. The first-order valence-corrected chi connectivity index (χ1v) is 7.99. The van der Waals surface area contributed by atoms with E-state index in [9.17, 15) is 13.2 Å². The van der Waals surface area contributed by atoms with Crippen LogP contribution in [-0.2, 0) is 21.4 Å². The van der Waals surface area contributed by atoms with Crippen LogP contribution in [0.2, 0.25) is 0 Å². The molecule has 0 fully saturated rings. The van der Waals surface area contributed by atoms with Crippen molar-refractivity contribution in [3.63, 3.8) is 0 Å². The highest BCUT2D eigenvalue weighted by atomic mass is 32.2. The average Bonchev–Trinajstić information content (AvgIpc) is 2.46. The Morgan fingerprint density at radius 2 is 1.85 bits per heavy atom. The first-order valence-electron chi connectivity index (χ1n) is 6.55. The zero-order valence-corrected chi connectivity index (χ0v) is 13.0. The second-order valence-corrected chi connectivity index (χ2v) is 8.63. The highest BCUT2D eigenvalue weighted by Gasteiger charge is 2.41. The number of fused-ring (bicyclic) bond motifs is 1. The number of sulfonamides is 1. The fourth-order valence-electron chi connectivity index (χ4n) is 2.10. The molecule has 1 amide bonds. The van der Waals surface area contributed by atoms with Crippen LogP contribution in [0.1, 0.15) is 33.3 Å². The minimum atomic E-state index is -3.58. The number of carbonyl (C=O) groups excluding carboxylic acids is 1. The molecule has 1 heterocycles. The molecule has 2 rings (SSSR count). The summed E-state index contributed by atoms with van der Waals surface area (Å²) in [4.78, 5) is 12.1. The van der Waals surface area contributed by atoms with Crippen molar-refractivity contribution in [2.24, 2.45) is 0 Å². The summed E-state index contributed by atoms with van der Waals surface area (Å²) in [7, 11) is -3.58. The maximum absolute atomic E-state index is 12.7. The topological polar surface area (TPSA) is 66.5 Å². The Balaban J connectivity index is 2.52. The molecule has 0 bridgehead atoms. The number of hydrogen-bond donors (Lipinski definition) is 1. The van der Waals surface area contributed by atoms with Crippen LogP contribution in [0.5, 0.6) is 0 Å². The molecule has 0 aliphatic carbocycles. The zero-order valence-electron chi connectivity index (χ0n) is 12.2. The molecule has 0 saturated carbocycles. The predicted octanol–water partition coefficient (Wildman–Crippen LogP) is 1.96. The summed E-state index contributed by atoms with van der Waals surface area (Å²) in [5, 5.41) is 2.78. The van der Waals surface area contributed by atoms with Crippen molar-refractivity contribution in [1.82, 2.24) is 4.31 Å². The molecular formula is C14H20N2O3S. The lowest BCUT2D eigenvalue weighted by atomic mass is 10.2. The SMILES string of the molecule is CC1C(=O)Nc2ccccc2CN1S(=O)(=O)C(C)(C)C. The molecule has 0 saturated heterocycles. The van der Waals surface area contributed by atoms with Gasteiger partial charge in [-0.15, -0.1) is 0 Å². The minimum absolute atomic E-state index is 0.204. The summed E-state index contributed by atoms with van der Waals surface area (Å²) in [5.74, 6) is -0.303. The van der Waals surface area contributed by atoms with Gasteiger partial charge in [0.15, 0.2) is 0 Å². The summed E-state index contributed by atoms with van der Waals surface area (Å²) < 4.78 is 25.7. The lowest BCUT2D eigenvalue weighted by Gasteiger charge is -2.31. The van der Waals surface area contributed by atoms with E-state index in [2.05, 4.69) is 5.32 Å². The van der Waals surface area contributed by atoms with Crippen molar-refractivity contribution < 1.29 is 13.2 Å². The molecule has 5 nitrogen and oxygen atoms in total. The van der Waals surface area contributed by atoms with Gasteiger partial charge in [0.2, 0.25) is 15.9 Å². The molecule has 1 unspecified atom stereocenters. The van der Waals surface area contributed by atoms with Gasteiger partial charge in [-0.25, -0.2) is 8.42 Å². The van der Waals surface area contributed by atoms with E-state index in [-0.39, 0.29) is 12.5 Å². The van der Waals surface area contributed by atoms with Gasteiger partial charge in [-0.3, -0.25) is 4.79 Å². The normalized spacial score (nSPS) is 21.0. The van der Waals surface area contributed by atoms with Crippen LogP contribution in [-0.4, -0.2) is 29.4 Å². The van der Waals surface area contributed by atoms with E-state index in [0.717, 1.165) is 5.56 Å². The molecule has 0 radical (unpaired) electrons. The van der Waals surface area contributed by atoms with Gasteiger partial charge in [0.25, 0.3) is 0 Å². The second kappa shape index (κ2) is 4.86. The Kier molecular flexibility index (Phi) is 3.64. The number of carbonyl (C=O) groups is 1. The average molecular weight is 296 g/mol. The highest BCUT2D eigenvalue weighted by molar-refractivity contribution is 7.90. The van der Waals surface area contributed by atoms with Gasteiger partial charge in [0.1, 0.15) is 6.04 Å². The van der Waals surface area contributed by atoms with Gasteiger partial charge >= 0.3 is 0 Å². The van der Waals surface area contributed by atoms with Gasteiger partial charge in [0.05, 0.1) is 4.75 Å². The number of amides is 1. The lowest BCUT2D eigenvalue weighted by Crippen LogP contribution is -2.49. The summed E-state index contributed by atoms with van der Waals surface area (Å²) in [6.45, 7) is 6.75. The summed E-state index contributed by atoms with van der Waals surface area (Å²) >= 11 is 0. The number of anilines is 1. The summed E-state index contributed by atoms with van der Waals surface area (Å²) in [6.07, 6.45) is 0.